The maximum absolute atomic E-state index is 11.8. The van der Waals surface area contributed by atoms with Crippen LogP contribution in [0.3, 0.4) is 0 Å². The number of ketones is 1. The zero-order valence-corrected chi connectivity index (χ0v) is 9.89. The fraction of sp³-hybridized carbons (Fsp3) is 0.429. The highest BCUT2D eigenvalue weighted by Gasteiger charge is 2.32. The minimum atomic E-state index is -0.559. The van der Waals surface area contributed by atoms with Crippen molar-refractivity contribution in [3.8, 4) is 0 Å². The van der Waals surface area contributed by atoms with Crippen molar-refractivity contribution in [1.82, 2.24) is 0 Å². The van der Waals surface area contributed by atoms with Crippen LogP contribution in [0.1, 0.15) is 36.5 Å². The van der Waals surface area contributed by atoms with Crippen LogP contribution in [0, 0.1) is 5.92 Å². The molecule has 1 aliphatic rings. The summed E-state index contributed by atoms with van der Waals surface area (Å²) in [6.07, 6.45) is 1.81. The van der Waals surface area contributed by atoms with E-state index >= 15 is 0 Å². The lowest BCUT2D eigenvalue weighted by atomic mass is 9.87. The average Bonchev–Trinajstić information content (AvgIpc) is 2.35. The number of ether oxygens (including phenoxy) is 1. The molecule has 2 unspecified atom stereocenters. The van der Waals surface area contributed by atoms with Gasteiger partial charge in [-0.1, -0.05) is 25.1 Å². The second-order valence-corrected chi connectivity index (χ2v) is 4.53. The molecule has 0 spiro atoms. The molecule has 0 amide bonds. The first kappa shape index (κ1) is 11.8. The van der Waals surface area contributed by atoms with E-state index in [0.717, 1.165) is 12.8 Å². The molecule has 3 nitrogen and oxygen atoms in total. The molecule has 0 heterocycles. The van der Waals surface area contributed by atoms with Crippen molar-refractivity contribution in [1.29, 1.82) is 0 Å². The van der Waals surface area contributed by atoms with Crippen LogP contribution < -0.4 is 0 Å². The number of carbonyl (C=O) groups excluding carboxylic acids is 2. The monoisotopic (exact) mass is 232 g/mol. The first-order valence-electron chi connectivity index (χ1n) is 5.97. The molecule has 0 radical (unpaired) electrons. The Hall–Kier alpha value is -1.64. The third-order valence-electron chi connectivity index (χ3n) is 3.16. The van der Waals surface area contributed by atoms with Gasteiger partial charge in [0.2, 0.25) is 0 Å². The molecule has 2 atom stereocenters. The normalized spacial score (nSPS) is 24.4. The Morgan fingerprint density at radius 2 is 2.00 bits per heavy atom. The van der Waals surface area contributed by atoms with Crippen molar-refractivity contribution >= 4 is 11.8 Å². The molecule has 0 aliphatic heterocycles. The first-order valence-corrected chi connectivity index (χ1v) is 5.97. The van der Waals surface area contributed by atoms with Gasteiger partial charge in [0, 0.05) is 12.3 Å². The van der Waals surface area contributed by atoms with E-state index in [4.69, 9.17) is 4.74 Å². The molecule has 0 aromatic heterocycles. The Balaban J connectivity index is 2.05. The summed E-state index contributed by atoms with van der Waals surface area (Å²) in [5.41, 5.74) is 0.498. The largest absolute Gasteiger partial charge is 0.450 e. The molecule has 17 heavy (non-hydrogen) atoms. The van der Waals surface area contributed by atoms with Gasteiger partial charge in [-0.2, -0.15) is 0 Å². The van der Waals surface area contributed by atoms with E-state index in [-0.39, 0.29) is 11.7 Å². The van der Waals surface area contributed by atoms with Crippen molar-refractivity contribution in [3.63, 3.8) is 0 Å². The molecule has 1 aromatic carbocycles. The van der Waals surface area contributed by atoms with Gasteiger partial charge < -0.3 is 4.74 Å². The summed E-state index contributed by atoms with van der Waals surface area (Å²) in [6, 6.07) is 8.79. The quantitative estimate of drug-likeness (QED) is 0.736. The van der Waals surface area contributed by atoms with Crippen LogP contribution in [0.2, 0.25) is 0 Å². The zero-order valence-electron chi connectivity index (χ0n) is 9.89. The molecule has 0 bridgehead atoms. The lowest BCUT2D eigenvalue weighted by Crippen LogP contribution is -2.36. The van der Waals surface area contributed by atoms with Gasteiger partial charge in [0.1, 0.15) is 0 Å². The third kappa shape index (κ3) is 2.73. The molecule has 2 rings (SSSR count). The Labute approximate surface area is 101 Å². The number of esters is 1. The van der Waals surface area contributed by atoms with Crippen LogP contribution in [0.25, 0.3) is 0 Å². The highest BCUT2D eigenvalue weighted by Crippen LogP contribution is 2.24. The summed E-state index contributed by atoms with van der Waals surface area (Å²) in [7, 11) is 0. The zero-order chi connectivity index (χ0) is 12.3. The summed E-state index contributed by atoms with van der Waals surface area (Å²) in [5, 5.41) is 0. The van der Waals surface area contributed by atoms with Crippen molar-refractivity contribution in [3.05, 3.63) is 35.9 Å². The van der Waals surface area contributed by atoms with Crippen LogP contribution in [0.5, 0.6) is 0 Å². The van der Waals surface area contributed by atoms with Gasteiger partial charge >= 0.3 is 5.97 Å². The minimum absolute atomic E-state index is 0.0491. The predicted molar refractivity (Wildman–Crippen MR) is 63.7 cm³/mol. The number of hydrogen-bond donors (Lipinski definition) is 0. The standard InChI is InChI=1S/C14H16O3/c1-10-6-5-9-12(15)13(10)17-14(16)11-7-3-2-4-8-11/h2-4,7-8,10,13H,5-6,9H2,1H3. The number of benzene rings is 1. The minimum Gasteiger partial charge on any atom is -0.450 e. The van der Waals surface area contributed by atoms with Gasteiger partial charge in [-0.3, -0.25) is 4.79 Å². The topological polar surface area (TPSA) is 43.4 Å². The van der Waals surface area contributed by atoms with Crippen LogP contribution >= 0.6 is 0 Å². The van der Waals surface area contributed by atoms with E-state index in [9.17, 15) is 9.59 Å². The third-order valence-corrected chi connectivity index (χ3v) is 3.16. The second kappa shape index (κ2) is 5.13. The summed E-state index contributed by atoms with van der Waals surface area (Å²) in [6.45, 7) is 1.96. The molecule has 90 valence electrons. The first-order chi connectivity index (χ1) is 8.18. The fourth-order valence-electron chi connectivity index (χ4n) is 2.15. The van der Waals surface area contributed by atoms with Gasteiger partial charge in [-0.05, 0) is 25.0 Å². The molecular weight excluding hydrogens is 216 g/mol. The Morgan fingerprint density at radius 1 is 1.29 bits per heavy atom. The molecular formula is C14H16O3. The van der Waals surface area contributed by atoms with E-state index in [1.54, 1.807) is 24.3 Å². The highest BCUT2D eigenvalue weighted by atomic mass is 16.5. The van der Waals surface area contributed by atoms with E-state index in [2.05, 4.69) is 0 Å². The lowest BCUT2D eigenvalue weighted by molar-refractivity contribution is -0.132. The molecule has 0 saturated heterocycles. The van der Waals surface area contributed by atoms with Gasteiger partial charge in [-0.15, -0.1) is 0 Å². The maximum Gasteiger partial charge on any atom is 0.338 e. The van der Waals surface area contributed by atoms with Crippen LogP contribution in [-0.2, 0) is 9.53 Å². The SMILES string of the molecule is CC1CCCC(=O)C1OC(=O)c1ccccc1. The van der Waals surface area contributed by atoms with Crippen molar-refractivity contribution in [2.45, 2.75) is 32.3 Å². The van der Waals surface area contributed by atoms with Crippen LogP contribution in [-0.4, -0.2) is 17.9 Å². The van der Waals surface area contributed by atoms with Gasteiger partial charge in [0.15, 0.2) is 11.9 Å². The number of Topliss-reactive ketones (excluding diaryl/α,β-unsaturated/α-hetero) is 1. The number of carbonyl (C=O) groups is 2. The van der Waals surface area contributed by atoms with Gasteiger partial charge in [-0.25, -0.2) is 4.79 Å². The van der Waals surface area contributed by atoms with Crippen LogP contribution in [0.4, 0.5) is 0 Å². The maximum atomic E-state index is 11.8. The molecule has 3 heteroatoms. The van der Waals surface area contributed by atoms with Crippen molar-refractivity contribution in [2.75, 3.05) is 0 Å². The molecule has 0 N–H and O–H groups in total. The van der Waals surface area contributed by atoms with Crippen molar-refractivity contribution < 1.29 is 14.3 Å². The average molecular weight is 232 g/mol. The smallest absolute Gasteiger partial charge is 0.338 e. The molecule has 1 aromatic rings. The van der Waals surface area contributed by atoms with Crippen molar-refractivity contribution in [2.24, 2.45) is 5.92 Å². The fourth-order valence-corrected chi connectivity index (χ4v) is 2.15. The van der Waals surface area contributed by atoms with E-state index < -0.39 is 12.1 Å². The lowest BCUT2D eigenvalue weighted by Gasteiger charge is -2.27. The highest BCUT2D eigenvalue weighted by molar-refractivity contribution is 5.93. The van der Waals surface area contributed by atoms with Crippen LogP contribution in [0.15, 0.2) is 30.3 Å². The summed E-state index contributed by atoms with van der Waals surface area (Å²) < 4.78 is 5.31. The number of hydrogen-bond acceptors (Lipinski definition) is 3. The van der Waals surface area contributed by atoms with Gasteiger partial charge in [0.05, 0.1) is 5.56 Å². The second-order valence-electron chi connectivity index (χ2n) is 4.53. The van der Waals surface area contributed by atoms with Gasteiger partial charge in [0.25, 0.3) is 0 Å². The number of rotatable bonds is 2. The van der Waals surface area contributed by atoms with E-state index in [0.29, 0.717) is 12.0 Å². The van der Waals surface area contributed by atoms with E-state index in [1.807, 2.05) is 13.0 Å². The Morgan fingerprint density at radius 3 is 2.65 bits per heavy atom. The molecule has 1 fully saturated rings. The van der Waals surface area contributed by atoms with E-state index in [1.165, 1.54) is 0 Å². The molecule has 1 saturated carbocycles. The Bertz CT molecular complexity index is 411. The summed E-state index contributed by atoms with van der Waals surface area (Å²) in [4.78, 5) is 23.5. The molecule has 1 aliphatic carbocycles. The summed E-state index contributed by atoms with van der Waals surface area (Å²) in [5.74, 6) is -0.227. The predicted octanol–water partition coefficient (Wildman–Crippen LogP) is 2.60. The summed E-state index contributed by atoms with van der Waals surface area (Å²) >= 11 is 0. The Kier molecular flexibility index (Phi) is 3.57.